The molecule has 0 radical (unpaired) electrons. The molecule has 0 atom stereocenters. The van der Waals surface area contributed by atoms with E-state index in [9.17, 15) is 33.6 Å². The lowest BCUT2D eigenvalue weighted by molar-refractivity contribution is 0.0594. The number of phenols is 2. The van der Waals surface area contributed by atoms with Crippen molar-refractivity contribution in [2.45, 2.75) is 0 Å². The Morgan fingerprint density at radius 1 is 0.510 bits per heavy atom. The number of rotatable bonds is 9. The molecule has 0 spiro atoms. The molecule has 4 aromatic rings. The Bertz CT molecular complexity index is 1810. The van der Waals surface area contributed by atoms with Gasteiger partial charge >= 0.3 is 23.9 Å². The van der Waals surface area contributed by atoms with Crippen molar-refractivity contribution in [1.29, 1.82) is 0 Å². The van der Waals surface area contributed by atoms with Gasteiger partial charge in [0.2, 0.25) is 0 Å². The largest absolute Gasteiger partial charge is 0.507 e. The minimum atomic E-state index is -1.25. The Morgan fingerprint density at radius 2 is 0.898 bits per heavy atom. The van der Waals surface area contributed by atoms with Gasteiger partial charge < -0.3 is 39.7 Å². The Kier molecular flexibility index (Phi) is 16.5. The summed E-state index contributed by atoms with van der Waals surface area (Å²) in [5.41, 5.74) is 0.864. The van der Waals surface area contributed by atoms with E-state index in [0.29, 0.717) is 35.7 Å². The quantitative estimate of drug-likeness (QED) is 0.121. The molecule has 4 aromatic carbocycles. The molecule has 15 nitrogen and oxygen atoms in total. The molecule has 0 aliphatic carbocycles. The summed E-state index contributed by atoms with van der Waals surface area (Å²) in [6.07, 6.45) is 1.77. The van der Waals surface area contributed by atoms with Crippen LogP contribution in [-0.4, -0.2) is 89.6 Å². The van der Waals surface area contributed by atoms with Crippen LogP contribution in [-0.2, 0) is 4.74 Å². The fraction of sp³-hybridized carbons (Fsp3) is 0.0882. The number of carbonyl (C=O) groups is 7. The zero-order valence-corrected chi connectivity index (χ0v) is 26.1. The van der Waals surface area contributed by atoms with E-state index in [1.54, 1.807) is 24.3 Å². The lowest BCUT2D eigenvalue weighted by Gasteiger charge is -2.06. The van der Waals surface area contributed by atoms with Crippen LogP contribution in [0.1, 0.15) is 72.5 Å². The van der Waals surface area contributed by atoms with Gasteiger partial charge in [0.1, 0.15) is 64.1 Å². The molecular formula is C34H30O15. The molecule has 0 aliphatic rings. The number of hydrogen-bond donors (Lipinski definition) is 5. The summed E-state index contributed by atoms with van der Waals surface area (Å²) in [5, 5.41) is 43.5. The monoisotopic (exact) mass is 678 g/mol. The number of benzene rings is 4. The molecule has 0 saturated carbocycles. The van der Waals surface area contributed by atoms with Crippen LogP contribution in [0.25, 0.3) is 0 Å². The summed E-state index contributed by atoms with van der Waals surface area (Å²) in [6, 6.07) is 18.2. The average molecular weight is 679 g/mol. The second kappa shape index (κ2) is 20.2. The van der Waals surface area contributed by atoms with Crippen LogP contribution in [0.2, 0.25) is 0 Å². The summed E-state index contributed by atoms with van der Waals surface area (Å²) in [4.78, 5) is 73.6. The number of aldehydes is 3. The number of para-hydroxylation sites is 1. The third-order valence-corrected chi connectivity index (χ3v) is 5.88. The molecule has 0 amide bonds. The van der Waals surface area contributed by atoms with Gasteiger partial charge in [0.25, 0.3) is 0 Å². The number of carboxylic acid groups (broad SMARTS) is 3. The molecule has 0 unspecified atom stereocenters. The highest BCUT2D eigenvalue weighted by atomic mass is 16.5. The van der Waals surface area contributed by atoms with Gasteiger partial charge in [-0.2, -0.15) is 0 Å². The van der Waals surface area contributed by atoms with E-state index in [0.717, 1.165) is 6.07 Å². The zero-order chi connectivity index (χ0) is 37.1. The standard InChI is InChI=1S/C10H10O4.C9H8O4.C8H6O4.C7H6O3/c1-13-9-4-3-7(6-11)5-8(9)10(12)14-2;1-13-8-3-2-6(5-10)4-7(8)9(11)12;9-4-5-1-2-7(10)6(3-5)8(11)12;8-6-4-2-1-3-5(6)7(9)10/h3-6H,1-2H3;2-5H,1H3,(H,11,12);1-4,10H,(H,11,12);1-4,8H,(H,9,10). The fourth-order valence-electron chi connectivity index (χ4n) is 3.49. The van der Waals surface area contributed by atoms with Crippen LogP contribution in [0.3, 0.4) is 0 Å². The van der Waals surface area contributed by atoms with Crippen molar-refractivity contribution in [3.8, 4) is 23.0 Å². The van der Waals surface area contributed by atoms with Crippen LogP contribution in [0, 0.1) is 0 Å². The van der Waals surface area contributed by atoms with Crippen molar-refractivity contribution in [2.75, 3.05) is 21.3 Å². The van der Waals surface area contributed by atoms with Crippen LogP contribution >= 0.6 is 0 Å². The van der Waals surface area contributed by atoms with E-state index in [1.165, 1.54) is 69.9 Å². The van der Waals surface area contributed by atoms with Crippen LogP contribution in [0.5, 0.6) is 23.0 Å². The van der Waals surface area contributed by atoms with Gasteiger partial charge in [0.15, 0.2) is 0 Å². The molecule has 256 valence electrons. The van der Waals surface area contributed by atoms with Crippen molar-refractivity contribution in [3.63, 3.8) is 0 Å². The summed E-state index contributed by atoms with van der Waals surface area (Å²) >= 11 is 0. The molecule has 5 N–H and O–H groups in total. The molecule has 15 heteroatoms. The van der Waals surface area contributed by atoms with E-state index < -0.39 is 23.9 Å². The number of methoxy groups -OCH3 is 3. The minimum Gasteiger partial charge on any atom is -0.507 e. The Morgan fingerprint density at radius 3 is 1.29 bits per heavy atom. The molecule has 49 heavy (non-hydrogen) atoms. The average Bonchev–Trinajstić information content (AvgIpc) is 3.11. The summed E-state index contributed by atoms with van der Waals surface area (Å²) in [7, 11) is 4.10. The van der Waals surface area contributed by atoms with Gasteiger partial charge in [-0.15, -0.1) is 0 Å². The van der Waals surface area contributed by atoms with Crippen molar-refractivity contribution in [2.24, 2.45) is 0 Å². The van der Waals surface area contributed by atoms with Gasteiger partial charge in [-0.25, -0.2) is 19.2 Å². The third kappa shape index (κ3) is 12.4. The number of carbonyl (C=O) groups excluding carboxylic acids is 4. The predicted molar refractivity (Wildman–Crippen MR) is 171 cm³/mol. The van der Waals surface area contributed by atoms with Gasteiger partial charge in [0, 0.05) is 16.7 Å². The van der Waals surface area contributed by atoms with E-state index in [4.69, 9.17) is 35.0 Å². The van der Waals surface area contributed by atoms with Crippen LogP contribution in [0.15, 0.2) is 78.9 Å². The second-order valence-corrected chi connectivity index (χ2v) is 8.97. The molecule has 0 bridgehead atoms. The Hall–Kier alpha value is -7.03. The van der Waals surface area contributed by atoms with Gasteiger partial charge in [-0.3, -0.25) is 14.4 Å². The fourth-order valence-corrected chi connectivity index (χ4v) is 3.49. The first-order valence-electron chi connectivity index (χ1n) is 13.4. The van der Waals surface area contributed by atoms with Crippen molar-refractivity contribution in [3.05, 3.63) is 118 Å². The topological polar surface area (TPSA) is 248 Å². The lowest BCUT2D eigenvalue weighted by atomic mass is 10.1. The van der Waals surface area contributed by atoms with Crippen molar-refractivity contribution < 1.29 is 73.3 Å². The zero-order valence-electron chi connectivity index (χ0n) is 26.1. The summed E-state index contributed by atoms with van der Waals surface area (Å²) in [5.74, 6) is -3.90. The Labute approximate surface area is 278 Å². The van der Waals surface area contributed by atoms with E-state index in [2.05, 4.69) is 4.74 Å². The molecule has 0 aliphatic heterocycles. The first kappa shape index (κ1) is 40.0. The van der Waals surface area contributed by atoms with E-state index >= 15 is 0 Å². The molecule has 0 aromatic heterocycles. The summed E-state index contributed by atoms with van der Waals surface area (Å²) in [6.45, 7) is 0. The SMILES string of the molecule is COC(=O)c1cc(C=O)ccc1OC.COc1ccc(C=O)cc1C(=O)O.O=C(O)c1ccccc1O.O=Cc1ccc(O)c(C(=O)O)c1. The molecule has 0 saturated heterocycles. The van der Waals surface area contributed by atoms with Crippen LogP contribution < -0.4 is 9.47 Å². The maximum Gasteiger partial charge on any atom is 0.341 e. The number of aromatic hydroxyl groups is 2. The molecule has 0 heterocycles. The molecule has 4 rings (SSSR count). The van der Waals surface area contributed by atoms with Crippen LogP contribution in [0.4, 0.5) is 0 Å². The van der Waals surface area contributed by atoms with Crippen molar-refractivity contribution >= 4 is 42.7 Å². The number of hydrogen-bond acceptors (Lipinski definition) is 12. The van der Waals surface area contributed by atoms with Gasteiger partial charge in [0.05, 0.1) is 21.3 Å². The summed E-state index contributed by atoms with van der Waals surface area (Å²) < 4.78 is 14.3. The van der Waals surface area contributed by atoms with Gasteiger partial charge in [-0.05, 0) is 66.7 Å². The number of ether oxygens (including phenoxy) is 3. The highest BCUT2D eigenvalue weighted by Crippen LogP contribution is 2.21. The third-order valence-electron chi connectivity index (χ3n) is 5.88. The number of aromatic carboxylic acids is 3. The molecular weight excluding hydrogens is 648 g/mol. The molecule has 0 fully saturated rings. The predicted octanol–water partition coefficient (Wildman–Crippen LogP) is 4.49. The highest BCUT2D eigenvalue weighted by Gasteiger charge is 2.13. The second-order valence-electron chi connectivity index (χ2n) is 8.97. The lowest BCUT2D eigenvalue weighted by Crippen LogP contribution is -2.04. The van der Waals surface area contributed by atoms with E-state index in [1.807, 2.05) is 0 Å². The maximum absolute atomic E-state index is 11.2. The smallest absolute Gasteiger partial charge is 0.341 e. The normalized spacial score (nSPS) is 9.29. The van der Waals surface area contributed by atoms with Gasteiger partial charge in [-0.1, -0.05) is 12.1 Å². The number of esters is 1. The number of carboxylic acids is 3. The Balaban J connectivity index is 0.000000329. The minimum absolute atomic E-state index is 0.00731. The van der Waals surface area contributed by atoms with Crippen molar-refractivity contribution in [1.82, 2.24) is 0 Å². The maximum atomic E-state index is 11.2. The first-order chi connectivity index (χ1) is 23.3. The highest BCUT2D eigenvalue weighted by molar-refractivity contribution is 5.95. The first-order valence-corrected chi connectivity index (χ1v) is 13.4. The van der Waals surface area contributed by atoms with E-state index in [-0.39, 0.29) is 45.1 Å².